The van der Waals surface area contributed by atoms with Crippen LogP contribution in [-0.2, 0) is 20.4 Å². The number of anilines is 3. The minimum Gasteiger partial charge on any atom is -0.378 e. The number of carbonyl (C=O) groups excluding carboxylic acids is 1. The van der Waals surface area contributed by atoms with Crippen LogP contribution in [0.3, 0.4) is 0 Å². The number of hydrogen-bond acceptors (Lipinski definition) is 9. The van der Waals surface area contributed by atoms with Crippen molar-refractivity contribution in [3.8, 4) is 11.4 Å². The summed E-state index contributed by atoms with van der Waals surface area (Å²) < 4.78 is 53.2. The van der Waals surface area contributed by atoms with E-state index in [0.717, 1.165) is 25.1 Å². The monoisotopic (exact) mass is 509 g/mol. The molecule has 4 heterocycles. The summed E-state index contributed by atoms with van der Waals surface area (Å²) in [7, 11) is 0. The fourth-order valence-corrected chi connectivity index (χ4v) is 3.96. The van der Waals surface area contributed by atoms with Gasteiger partial charge in [-0.1, -0.05) is 19.8 Å². The first-order valence-electron chi connectivity index (χ1n) is 12.1. The molecule has 0 aromatic carbocycles. The number of halogens is 3. The van der Waals surface area contributed by atoms with Crippen molar-refractivity contribution in [3.05, 3.63) is 17.8 Å². The second kappa shape index (κ2) is 11.8. The molecular formula is C23H30F3N7O3. The molecule has 36 heavy (non-hydrogen) atoms. The van der Waals surface area contributed by atoms with E-state index in [0.29, 0.717) is 59.0 Å². The van der Waals surface area contributed by atoms with Gasteiger partial charge in [0.05, 0.1) is 37.6 Å². The van der Waals surface area contributed by atoms with Crippen molar-refractivity contribution in [2.24, 2.45) is 0 Å². The number of amides is 1. The fourth-order valence-electron chi connectivity index (χ4n) is 3.96. The molecule has 0 saturated carbocycles. The Labute approximate surface area is 207 Å². The van der Waals surface area contributed by atoms with E-state index in [2.05, 4.69) is 25.3 Å². The minimum absolute atomic E-state index is 0.131. The Bertz CT molecular complexity index is 1010. The van der Waals surface area contributed by atoms with Gasteiger partial charge in [0.15, 0.2) is 5.82 Å². The van der Waals surface area contributed by atoms with Crippen LogP contribution in [0.4, 0.5) is 30.9 Å². The second-order valence-corrected chi connectivity index (χ2v) is 8.58. The quantitative estimate of drug-likeness (QED) is 0.537. The van der Waals surface area contributed by atoms with Crippen LogP contribution in [0, 0.1) is 0 Å². The average molecular weight is 510 g/mol. The number of hydrogen-bond donors (Lipinski definition) is 1. The molecule has 0 spiro atoms. The van der Waals surface area contributed by atoms with Crippen LogP contribution in [0.5, 0.6) is 0 Å². The van der Waals surface area contributed by atoms with E-state index in [9.17, 15) is 18.0 Å². The van der Waals surface area contributed by atoms with E-state index in [1.165, 1.54) is 0 Å². The summed E-state index contributed by atoms with van der Waals surface area (Å²) in [5, 5.41) is 2.47. The lowest BCUT2D eigenvalue weighted by atomic mass is 10.1. The van der Waals surface area contributed by atoms with E-state index in [4.69, 9.17) is 9.47 Å². The number of rotatable bonds is 8. The summed E-state index contributed by atoms with van der Waals surface area (Å²) in [5.74, 6) is -0.101. The second-order valence-electron chi connectivity index (χ2n) is 8.58. The number of alkyl halides is 3. The lowest BCUT2D eigenvalue weighted by molar-refractivity contribution is -0.137. The number of unbranched alkanes of at least 4 members (excludes halogenated alkanes) is 2. The van der Waals surface area contributed by atoms with Crippen molar-refractivity contribution in [2.75, 3.05) is 67.7 Å². The lowest BCUT2D eigenvalue weighted by Gasteiger charge is -2.30. The molecule has 1 amide bonds. The van der Waals surface area contributed by atoms with Crippen LogP contribution in [0.15, 0.2) is 12.3 Å². The molecule has 2 fully saturated rings. The summed E-state index contributed by atoms with van der Waals surface area (Å²) in [6, 6.07) is 0.833. The number of morpholine rings is 2. The van der Waals surface area contributed by atoms with Gasteiger partial charge >= 0.3 is 6.18 Å². The van der Waals surface area contributed by atoms with Gasteiger partial charge in [0, 0.05) is 38.8 Å². The first-order valence-corrected chi connectivity index (χ1v) is 12.1. The third-order valence-electron chi connectivity index (χ3n) is 5.92. The summed E-state index contributed by atoms with van der Waals surface area (Å²) in [6.07, 6.45) is -0.978. The highest BCUT2D eigenvalue weighted by Gasteiger charge is 2.36. The van der Waals surface area contributed by atoms with Gasteiger partial charge in [-0.25, -0.2) is 4.98 Å². The summed E-state index contributed by atoms with van der Waals surface area (Å²) >= 11 is 0. The molecule has 196 valence electrons. The third-order valence-corrected chi connectivity index (χ3v) is 5.92. The zero-order valence-electron chi connectivity index (χ0n) is 20.2. The van der Waals surface area contributed by atoms with Gasteiger partial charge < -0.3 is 24.6 Å². The van der Waals surface area contributed by atoms with Crippen LogP contribution < -0.4 is 15.1 Å². The van der Waals surface area contributed by atoms with Crippen LogP contribution >= 0.6 is 0 Å². The molecule has 13 heteroatoms. The highest BCUT2D eigenvalue weighted by molar-refractivity contribution is 5.90. The number of ether oxygens (including phenoxy) is 2. The Morgan fingerprint density at radius 1 is 0.972 bits per heavy atom. The largest absolute Gasteiger partial charge is 0.417 e. The zero-order valence-corrected chi connectivity index (χ0v) is 20.2. The molecule has 4 rings (SSSR count). The normalized spacial score (nSPS) is 16.8. The molecule has 2 saturated heterocycles. The van der Waals surface area contributed by atoms with Gasteiger partial charge in [-0.2, -0.15) is 28.1 Å². The summed E-state index contributed by atoms with van der Waals surface area (Å²) in [4.78, 5) is 33.3. The standard InChI is InChI=1S/C23H30F3N7O3/c1-2-3-4-5-19(34)28-18-14-17(23(24,25)26)16(15-27-18)20-29-21(32-6-10-35-11-7-32)31-22(30-20)33-8-12-36-13-9-33/h14-15H,2-13H2,1H3,(H,27,28,34). The number of aromatic nitrogens is 4. The van der Waals surface area contributed by atoms with E-state index in [1.54, 1.807) is 0 Å². The van der Waals surface area contributed by atoms with Gasteiger partial charge in [0.1, 0.15) is 5.82 Å². The predicted octanol–water partition coefficient (Wildman–Crippen LogP) is 3.14. The maximum absolute atomic E-state index is 14.1. The van der Waals surface area contributed by atoms with Crippen molar-refractivity contribution >= 4 is 23.6 Å². The third kappa shape index (κ3) is 6.58. The van der Waals surface area contributed by atoms with Gasteiger partial charge in [-0.3, -0.25) is 4.79 Å². The lowest BCUT2D eigenvalue weighted by Crippen LogP contribution is -2.40. The van der Waals surface area contributed by atoms with Crippen molar-refractivity contribution in [1.82, 2.24) is 19.9 Å². The van der Waals surface area contributed by atoms with E-state index < -0.39 is 11.7 Å². The maximum atomic E-state index is 14.1. The SMILES string of the molecule is CCCCCC(=O)Nc1cc(C(F)(F)F)c(-c2nc(N3CCOCC3)nc(N3CCOCC3)n2)cn1. The highest BCUT2D eigenvalue weighted by Crippen LogP contribution is 2.37. The van der Waals surface area contributed by atoms with Crippen LogP contribution in [0.1, 0.15) is 38.2 Å². The van der Waals surface area contributed by atoms with Crippen LogP contribution in [0.2, 0.25) is 0 Å². The predicted molar refractivity (Wildman–Crippen MR) is 127 cm³/mol. The highest BCUT2D eigenvalue weighted by atomic mass is 19.4. The topological polar surface area (TPSA) is 106 Å². The maximum Gasteiger partial charge on any atom is 0.417 e. The zero-order chi connectivity index (χ0) is 25.5. The Kier molecular flexibility index (Phi) is 8.52. The van der Waals surface area contributed by atoms with Crippen molar-refractivity contribution in [3.63, 3.8) is 0 Å². The van der Waals surface area contributed by atoms with Gasteiger partial charge in [-0.15, -0.1) is 0 Å². The summed E-state index contributed by atoms with van der Waals surface area (Å²) in [5.41, 5.74) is -1.26. The molecule has 10 nitrogen and oxygen atoms in total. The molecule has 2 aromatic rings. The molecule has 0 radical (unpaired) electrons. The van der Waals surface area contributed by atoms with Crippen molar-refractivity contribution < 1.29 is 27.4 Å². The van der Waals surface area contributed by atoms with Crippen LogP contribution in [-0.4, -0.2) is 78.4 Å². The smallest absolute Gasteiger partial charge is 0.378 e. The molecule has 0 bridgehead atoms. The minimum atomic E-state index is -4.72. The first-order chi connectivity index (χ1) is 17.3. The van der Waals surface area contributed by atoms with E-state index in [1.807, 2.05) is 16.7 Å². The molecule has 2 aliphatic heterocycles. The van der Waals surface area contributed by atoms with Crippen molar-refractivity contribution in [2.45, 2.75) is 38.8 Å². The summed E-state index contributed by atoms with van der Waals surface area (Å²) in [6.45, 7) is 5.93. The van der Waals surface area contributed by atoms with Gasteiger partial charge in [-0.05, 0) is 12.5 Å². The molecule has 2 aliphatic rings. The molecule has 0 unspecified atom stereocenters. The number of carbonyl (C=O) groups is 1. The molecule has 2 aromatic heterocycles. The van der Waals surface area contributed by atoms with E-state index in [-0.39, 0.29) is 41.4 Å². The fraction of sp³-hybridized carbons (Fsp3) is 0.609. The number of nitrogens with zero attached hydrogens (tertiary/aromatic N) is 6. The first kappa shape index (κ1) is 26.0. The van der Waals surface area contributed by atoms with Gasteiger partial charge in [0.2, 0.25) is 17.8 Å². The molecular weight excluding hydrogens is 479 g/mol. The van der Waals surface area contributed by atoms with Gasteiger partial charge in [0.25, 0.3) is 0 Å². The van der Waals surface area contributed by atoms with Crippen molar-refractivity contribution in [1.29, 1.82) is 0 Å². The molecule has 1 N–H and O–H groups in total. The Morgan fingerprint density at radius 2 is 1.56 bits per heavy atom. The number of nitrogens with one attached hydrogen (secondary N) is 1. The Balaban J connectivity index is 1.70. The average Bonchev–Trinajstić information content (AvgIpc) is 2.89. The Hall–Kier alpha value is -3.06. The molecule has 0 aliphatic carbocycles. The van der Waals surface area contributed by atoms with E-state index >= 15 is 0 Å². The van der Waals surface area contributed by atoms with Crippen LogP contribution in [0.25, 0.3) is 11.4 Å². The number of pyridine rings is 1. The molecule has 0 atom stereocenters. The Morgan fingerprint density at radius 3 is 2.08 bits per heavy atom.